The van der Waals surface area contributed by atoms with Crippen LogP contribution in [0.3, 0.4) is 0 Å². The fourth-order valence-electron chi connectivity index (χ4n) is 1.41. The van der Waals surface area contributed by atoms with Crippen LogP contribution >= 0.6 is 0 Å². The minimum absolute atomic E-state index is 0.0469. The van der Waals surface area contributed by atoms with Crippen molar-refractivity contribution in [2.45, 2.75) is 6.42 Å². The summed E-state index contributed by atoms with van der Waals surface area (Å²) in [5.74, 6) is 0.0581. The molecule has 62 valence electrons. The van der Waals surface area contributed by atoms with E-state index in [1.165, 1.54) is 0 Å². The lowest BCUT2D eigenvalue weighted by molar-refractivity contribution is 0.465. The summed E-state index contributed by atoms with van der Waals surface area (Å²) in [6.45, 7) is 0.599. The molecule has 0 atom stereocenters. The molecule has 2 N–H and O–H groups in total. The van der Waals surface area contributed by atoms with Gasteiger partial charge < -0.3 is 10.2 Å². The molecule has 1 aromatic carbocycles. The second-order valence-corrected chi connectivity index (χ2v) is 2.77. The SMILES string of the molecule is OC1=NCCc2cccc(O)c21. The van der Waals surface area contributed by atoms with Gasteiger partial charge in [0.15, 0.2) is 0 Å². The van der Waals surface area contributed by atoms with Gasteiger partial charge in [-0.05, 0) is 18.1 Å². The Morgan fingerprint density at radius 1 is 1.25 bits per heavy atom. The molecule has 1 aliphatic heterocycles. The number of aliphatic hydroxyl groups is 1. The molecule has 0 amide bonds. The van der Waals surface area contributed by atoms with Crippen molar-refractivity contribution in [1.29, 1.82) is 0 Å². The predicted molar refractivity (Wildman–Crippen MR) is 45.8 cm³/mol. The summed E-state index contributed by atoms with van der Waals surface area (Å²) in [7, 11) is 0. The first-order chi connectivity index (χ1) is 5.79. The number of aromatic hydroxyl groups is 1. The second kappa shape index (κ2) is 2.52. The van der Waals surface area contributed by atoms with E-state index >= 15 is 0 Å². The van der Waals surface area contributed by atoms with Crippen molar-refractivity contribution in [3.8, 4) is 5.75 Å². The summed E-state index contributed by atoms with van der Waals surface area (Å²) in [5, 5.41) is 18.7. The zero-order chi connectivity index (χ0) is 8.55. The highest BCUT2D eigenvalue weighted by Gasteiger charge is 2.16. The Morgan fingerprint density at radius 3 is 2.83 bits per heavy atom. The Labute approximate surface area is 70.0 Å². The van der Waals surface area contributed by atoms with Gasteiger partial charge in [0.25, 0.3) is 0 Å². The summed E-state index contributed by atoms with van der Waals surface area (Å²) < 4.78 is 0. The number of hydrogen-bond acceptors (Lipinski definition) is 2. The molecule has 2 rings (SSSR count). The van der Waals surface area contributed by atoms with Crippen molar-refractivity contribution >= 4 is 5.90 Å². The number of nitrogens with zero attached hydrogens (tertiary/aromatic N) is 1. The van der Waals surface area contributed by atoms with E-state index in [0.717, 1.165) is 12.0 Å². The molecule has 1 aromatic rings. The zero-order valence-electron chi connectivity index (χ0n) is 6.49. The van der Waals surface area contributed by atoms with Crippen LogP contribution in [0.15, 0.2) is 23.2 Å². The fraction of sp³-hybridized carbons (Fsp3) is 0.222. The van der Waals surface area contributed by atoms with Gasteiger partial charge in [-0.25, -0.2) is 0 Å². The van der Waals surface area contributed by atoms with Crippen molar-refractivity contribution in [2.75, 3.05) is 6.54 Å². The van der Waals surface area contributed by atoms with Gasteiger partial charge >= 0.3 is 0 Å². The molecular weight excluding hydrogens is 154 g/mol. The monoisotopic (exact) mass is 163 g/mol. The molecule has 0 unspecified atom stereocenters. The third kappa shape index (κ3) is 0.942. The van der Waals surface area contributed by atoms with Crippen LogP contribution in [-0.2, 0) is 6.42 Å². The molecule has 0 radical (unpaired) electrons. The first-order valence-corrected chi connectivity index (χ1v) is 3.83. The summed E-state index contributed by atoms with van der Waals surface area (Å²) in [4.78, 5) is 3.84. The van der Waals surface area contributed by atoms with Crippen molar-refractivity contribution in [3.63, 3.8) is 0 Å². The summed E-state index contributed by atoms with van der Waals surface area (Å²) in [6.07, 6.45) is 0.786. The molecule has 12 heavy (non-hydrogen) atoms. The molecule has 3 heteroatoms. The molecule has 0 saturated heterocycles. The van der Waals surface area contributed by atoms with E-state index in [9.17, 15) is 10.2 Å². The third-order valence-electron chi connectivity index (χ3n) is 2.00. The normalized spacial score (nSPS) is 15.2. The van der Waals surface area contributed by atoms with Crippen LogP contribution in [0.4, 0.5) is 0 Å². The number of benzene rings is 1. The lowest BCUT2D eigenvalue weighted by Gasteiger charge is -2.13. The largest absolute Gasteiger partial charge is 0.507 e. The maximum absolute atomic E-state index is 9.39. The molecule has 0 bridgehead atoms. The van der Waals surface area contributed by atoms with E-state index in [4.69, 9.17) is 0 Å². The first kappa shape index (κ1) is 7.16. The minimum atomic E-state index is -0.0469. The number of aliphatic imine (C=N–C) groups is 1. The summed E-state index contributed by atoms with van der Waals surface area (Å²) >= 11 is 0. The highest BCUT2D eigenvalue weighted by atomic mass is 16.3. The van der Waals surface area contributed by atoms with Gasteiger partial charge in [-0.1, -0.05) is 12.1 Å². The van der Waals surface area contributed by atoms with E-state index in [2.05, 4.69) is 4.99 Å². The Morgan fingerprint density at radius 2 is 2.08 bits per heavy atom. The highest BCUT2D eigenvalue weighted by Crippen LogP contribution is 2.24. The van der Waals surface area contributed by atoms with Gasteiger partial charge in [-0.3, -0.25) is 4.99 Å². The van der Waals surface area contributed by atoms with E-state index in [-0.39, 0.29) is 11.6 Å². The number of rotatable bonds is 0. The van der Waals surface area contributed by atoms with E-state index in [1.54, 1.807) is 12.1 Å². The van der Waals surface area contributed by atoms with Gasteiger partial charge in [0.2, 0.25) is 5.90 Å². The van der Waals surface area contributed by atoms with Crippen molar-refractivity contribution in [2.24, 2.45) is 4.99 Å². The maximum Gasteiger partial charge on any atom is 0.217 e. The Balaban J connectivity index is 2.64. The van der Waals surface area contributed by atoms with E-state index in [1.807, 2.05) is 6.07 Å². The number of hydrogen-bond donors (Lipinski definition) is 2. The molecule has 0 fully saturated rings. The second-order valence-electron chi connectivity index (χ2n) is 2.77. The molecule has 0 aliphatic carbocycles. The van der Waals surface area contributed by atoms with Crippen molar-refractivity contribution in [3.05, 3.63) is 29.3 Å². The van der Waals surface area contributed by atoms with Gasteiger partial charge in [-0.15, -0.1) is 0 Å². The molecule has 0 spiro atoms. The molecular formula is C9H9NO2. The van der Waals surface area contributed by atoms with Gasteiger partial charge in [0.1, 0.15) is 5.75 Å². The molecule has 1 heterocycles. The maximum atomic E-state index is 9.39. The zero-order valence-corrected chi connectivity index (χ0v) is 6.49. The van der Waals surface area contributed by atoms with Crippen LogP contribution < -0.4 is 0 Å². The number of phenolic OH excluding ortho intramolecular Hbond substituents is 1. The fourth-order valence-corrected chi connectivity index (χ4v) is 1.41. The van der Waals surface area contributed by atoms with Crippen molar-refractivity contribution < 1.29 is 10.2 Å². The minimum Gasteiger partial charge on any atom is -0.507 e. The van der Waals surface area contributed by atoms with Gasteiger partial charge in [-0.2, -0.15) is 0 Å². The van der Waals surface area contributed by atoms with Crippen LogP contribution in [0.2, 0.25) is 0 Å². The lowest BCUT2D eigenvalue weighted by Crippen LogP contribution is -2.11. The van der Waals surface area contributed by atoms with E-state index in [0.29, 0.717) is 12.1 Å². The standard InChI is InChI=1S/C9H9NO2/c11-7-3-1-2-6-4-5-10-9(12)8(6)7/h1-3,11H,4-5H2,(H,10,12). The number of aliphatic hydroxyl groups excluding tert-OH is 1. The van der Waals surface area contributed by atoms with Crippen LogP contribution in [-0.4, -0.2) is 22.7 Å². The molecule has 0 saturated carbocycles. The Bertz CT molecular complexity index is 344. The molecule has 1 aliphatic rings. The smallest absolute Gasteiger partial charge is 0.217 e. The highest BCUT2D eigenvalue weighted by molar-refractivity contribution is 5.97. The Hall–Kier alpha value is -1.51. The van der Waals surface area contributed by atoms with Crippen LogP contribution in [0, 0.1) is 0 Å². The molecule has 0 aromatic heterocycles. The average molecular weight is 163 g/mol. The quantitative estimate of drug-likeness (QED) is 0.604. The predicted octanol–water partition coefficient (Wildman–Crippen LogP) is 1.25. The van der Waals surface area contributed by atoms with Crippen LogP contribution in [0.1, 0.15) is 11.1 Å². The number of fused-ring (bicyclic) bond motifs is 1. The summed E-state index contributed by atoms with van der Waals surface area (Å²) in [5.41, 5.74) is 1.45. The average Bonchev–Trinajstić information content (AvgIpc) is 2.04. The Kier molecular flexibility index (Phi) is 1.50. The van der Waals surface area contributed by atoms with Gasteiger partial charge in [0.05, 0.1) is 5.56 Å². The molecule has 3 nitrogen and oxygen atoms in total. The van der Waals surface area contributed by atoms with Crippen LogP contribution in [0.25, 0.3) is 0 Å². The topological polar surface area (TPSA) is 52.8 Å². The first-order valence-electron chi connectivity index (χ1n) is 3.83. The van der Waals surface area contributed by atoms with Crippen LogP contribution in [0.5, 0.6) is 5.75 Å². The van der Waals surface area contributed by atoms with E-state index < -0.39 is 0 Å². The third-order valence-corrected chi connectivity index (χ3v) is 2.00. The number of phenols is 1. The lowest BCUT2D eigenvalue weighted by atomic mass is 10.0. The van der Waals surface area contributed by atoms with Gasteiger partial charge in [0, 0.05) is 6.54 Å². The summed E-state index contributed by atoms with van der Waals surface area (Å²) in [6, 6.07) is 5.21. The van der Waals surface area contributed by atoms with Crippen molar-refractivity contribution in [1.82, 2.24) is 0 Å².